The molecule has 156 valence electrons. The van der Waals surface area contributed by atoms with Crippen molar-refractivity contribution in [1.29, 1.82) is 0 Å². The fraction of sp³-hybridized carbons (Fsp3) is 0.400. The SMILES string of the molecule is CC1CC2(C1)CC(NC(=O)c1cccc3ccn(Cc4ccc(C(F)F)cc4)c13)C2. The first-order chi connectivity index (χ1) is 14.4. The number of hydrogen-bond acceptors (Lipinski definition) is 1. The lowest BCUT2D eigenvalue weighted by Crippen LogP contribution is -2.55. The van der Waals surface area contributed by atoms with Gasteiger partial charge in [0.1, 0.15) is 0 Å². The van der Waals surface area contributed by atoms with Crippen molar-refractivity contribution in [3.8, 4) is 0 Å². The summed E-state index contributed by atoms with van der Waals surface area (Å²) < 4.78 is 27.6. The smallest absolute Gasteiger partial charge is 0.263 e. The Morgan fingerprint density at radius 3 is 2.50 bits per heavy atom. The van der Waals surface area contributed by atoms with Crippen LogP contribution in [0.2, 0.25) is 0 Å². The first-order valence-electron chi connectivity index (χ1n) is 10.7. The van der Waals surface area contributed by atoms with Gasteiger partial charge in [-0.3, -0.25) is 4.79 Å². The third kappa shape index (κ3) is 3.40. The zero-order valence-electron chi connectivity index (χ0n) is 17.1. The van der Waals surface area contributed by atoms with Crippen molar-refractivity contribution in [2.45, 2.75) is 51.6 Å². The van der Waals surface area contributed by atoms with Gasteiger partial charge in [0.15, 0.2) is 0 Å². The van der Waals surface area contributed by atoms with Crippen LogP contribution in [-0.2, 0) is 6.54 Å². The normalized spacial score (nSPS) is 25.3. The number of para-hydroxylation sites is 1. The number of aromatic nitrogens is 1. The molecule has 2 aliphatic carbocycles. The van der Waals surface area contributed by atoms with Gasteiger partial charge in [-0.05, 0) is 54.7 Å². The minimum atomic E-state index is -2.46. The van der Waals surface area contributed by atoms with Crippen LogP contribution in [-0.4, -0.2) is 16.5 Å². The summed E-state index contributed by atoms with van der Waals surface area (Å²) in [6, 6.07) is 14.4. The summed E-state index contributed by atoms with van der Waals surface area (Å²) in [7, 11) is 0. The van der Waals surface area contributed by atoms with E-state index in [1.54, 1.807) is 12.1 Å². The van der Waals surface area contributed by atoms with Gasteiger partial charge < -0.3 is 9.88 Å². The van der Waals surface area contributed by atoms with E-state index in [4.69, 9.17) is 0 Å². The molecule has 2 fully saturated rings. The molecule has 0 atom stereocenters. The van der Waals surface area contributed by atoms with E-state index in [2.05, 4.69) is 12.2 Å². The summed E-state index contributed by atoms with van der Waals surface area (Å²) in [4.78, 5) is 13.1. The predicted octanol–water partition coefficient (Wildman–Crippen LogP) is 5.94. The summed E-state index contributed by atoms with van der Waals surface area (Å²) in [5.41, 5.74) is 3.00. The number of nitrogens with zero attached hydrogens (tertiary/aromatic N) is 1. The summed E-state index contributed by atoms with van der Waals surface area (Å²) in [6.45, 7) is 2.83. The highest BCUT2D eigenvalue weighted by Gasteiger charge is 2.51. The number of rotatable bonds is 5. The maximum absolute atomic E-state index is 13.1. The summed E-state index contributed by atoms with van der Waals surface area (Å²) in [5.74, 6) is 0.800. The van der Waals surface area contributed by atoms with E-state index in [0.29, 0.717) is 17.5 Å². The van der Waals surface area contributed by atoms with Crippen molar-refractivity contribution in [3.05, 3.63) is 71.4 Å². The molecule has 0 bridgehead atoms. The molecule has 1 aromatic heterocycles. The summed E-state index contributed by atoms with van der Waals surface area (Å²) in [6.07, 6.45) is 4.27. The maximum Gasteiger partial charge on any atom is 0.263 e. The summed E-state index contributed by atoms with van der Waals surface area (Å²) in [5, 5.41) is 4.23. The first kappa shape index (κ1) is 19.3. The van der Waals surface area contributed by atoms with Crippen LogP contribution in [0, 0.1) is 11.3 Å². The lowest BCUT2D eigenvalue weighted by Gasteiger charge is -2.57. The molecule has 5 heteroatoms. The van der Waals surface area contributed by atoms with Gasteiger partial charge in [-0.25, -0.2) is 8.78 Å². The molecule has 1 heterocycles. The van der Waals surface area contributed by atoms with Crippen molar-refractivity contribution in [2.75, 3.05) is 0 Å². The number of hydrogen-bond donors (Lipinski definition) is 1. The quantitative estimate of drug-likeness (QED) is 0.557. The van der Waals surface area contributed by atoms with E-state index in [-0.39, 0.29) is 17.5 Å². The van der Waals surface area contributed by atoms with Crippen LogP contribution in [0.4, 0.5) is 8.78 Å². The summed E-state index contributed by atoms with van der Waals surface area (Å²) >= 11 is 0. The molecule has 5 rings (SSSR count). The number of fused-ring (bicyclic) bond motifs is 1. The zero-order chi connectivity index (χ0) is 20.9. The lowest BCUT2D eigenvalue weighted by atomic mass is 9.50. The molecule has 0 saturated heterocycles. The molecule has 30 heavy (non-hydrogen) atoms. The number of halogens is 2. The standard InChI is InChI=1S/C25H26F2N2O/c1-16-11-25(12-16)13-20(14-25)28-24(30)21-4-2-3-18-9-10-29(22(18)21)15-17-5-7-19(8-6-17)23(26)27/h2-10,16,20,23H,11-15H2,1H3,(H,28,30). The Hall–Kier alpha value is -2.69. The van der Waals surface area contributed by atoms with Crippen LogP contribution in [0.25, 0.3) is 10.9 Å². The third-order valence-electron chi connectivity index (χ3n) is 6.87. The van der Waals surface area contributed by atoms with Crippen LogP contribution in [0.5, 0.6) is 0 Å². The van der Waals surface area contributed by atoms with Gasteiger partial charge in [0.05, 0.1) is 11.1 Å². The fourth-order valence-corrected chi connectivity index (χ4v) is 5.64. The van der Waals surface area contributed by atoms with E-state index in [1.165, 1.54) is 25.0 Å². The highest BCUT2D eigenvalue weighted by molar-refractivity contribution is 6.06. The third-order valence-corrected chi connectivity index (χ3v) is 6.87. The second-order valence-corrected chi connectivity index (χ2v) is 9.32. The Morgan fingerprint density at radius 1 is 1.10 bits per heavy atom. The fourth-order valence-electron chi connectivity index (χ4n) is 5.64. The van der Waals surface area contributed by atoms with E-state index >= 15 is 0 Å². The molecule has 1 N–H and O–H groups in total. The first-order valence-corrected chi connectivity index (χ1v) is 10.7. The Labute approximate surface area is 175 Å². The molecular formula is C25H26F2N2O. The molecular weight excluding hydrogens is 382 g/mol. The molecule has 1 spiro atoms. The zero-order valence-corrected chi connectivity index (χ0v) is 17.1. The van der Waals surface area contributed by atoms with Gasteiger partial charge in [-0.15, -0.1) is 0 Å². The van der Waals surface area contributed by atoms with Crippen LogP contribution < -0.4 is 5.32 Å². The van der Waals surface area contributed by atoms with E-state index in [0.717, 1.165) is 35.2 Å². The second-order valence-electron chi connectivity index (χ2n) is 9.32. The van der Waals surface area contributed by atoms with Gasteiger partial charge in [-0.2, -0.15) is 0 Å². The van der Waals surface area contributed by atoms with Crippen LogP contribution in [0.1, 0.15) is 60.5 Å². The van der Waals surface area contributed by atoms with Gasteiger partial charge in [0.2, 0.25) is 0 Å². The Bertz CT molecular complexity index is 1070. The van der Waals surface area contributed by atoms with Gasteiger partial charge in [0, 0.05) is 29.7 Å². The van der Waals surface area contributed by atoms with E-state index in [1.807, 2.05) is 35.0 Å². The van der Waals surface area contributed by atoms with Gasteiger partial charge in [-0.1, -0.05) is 43.3 Å². The molecule has 2 saturated carbocycles. The Kier molecular flexibility index (Phi) is 4.64. The highest BCUT2D eigenvalue weighted by Crippen LogP contribution is 2.58. The number of carbonyl (C=O) groups is 1. The van der Waals surface area contributed by atoms with Crippen molar-refractivity contribution < 1.29 is 13.6 Å². The van der Waals surface area contributed by atoms with Gasteiger partial charge in [0.25, 0.3) is 12.3 Å². The molecule has 2 aliphatic rings. The molecule has 0 aliphatic heterocycles. The second kappa shape index (κ2) is 7.22. The average molecular weight is 408 g/mol. The minimum Gasteiger partial charge on any atom is -0.349 e. The molecule has 1 amide bonds. The van der Waals surface area contributed by atoms with E-state index < -0.39 is 6.43 Å². The largest absolute Gasteiger partial charge is 0.349 e. The van der Waals surface area contributed by atoms with Crippen LogP contribution >= 0.6 is 0 Å². The predicted molar refractivity (Wildman–Crippen MR) is 114 cm³/mol. The van der Waals surface area contributed by atoms with Crippen LogP contribution in [0.15, 0.2) is 54.7 Å². The Balaban J connectivity index is 1.34. The average Bonchev–Trinajstić information content (AvgIpc) is 3.08. The number of alkyl halides is 2. The monoisotopic (exact) mass is 408 g/mol. The molecule has 3 aromatic rings. The molecule has 3 nitrogen and oxygen atoms in total. The maximum atomic E-state index is 13.1. The topological polar surface area (TPSA) is 34.0 Å². The Morgan fingerprint density at radius 2 is 1.83 bits per heavy atom. The van der Waals surface area contributed by atoms with Crippen molar-refractivity contribution >= 4 is 16.8 Å². The number of amides is 1. The van der Waals surface area contributed by atoms with Crippen molar-refractivity contribution in [1.82, 2.24) is 9.88 Å². The molecule has 2 aromatic carbocycles. The highest BCUT2D eigenvalue weighted by atomic mass is 19.3. The van der Waals surface area contributed by atoms with E-state index in [9.17, 15) is 13.6 Å². The van der Waals surface area contributed by atoms with Crippen molar-refractivity contribution in [3.63, 3.8) is 0 Å². The van der Waals surface area contributed by atoms with Crippen molar-refractivity contribution in [2.24, 2.45) is 11.3 Å². The number of carbonyl (C=O) groups excluding carboxylic acids is 1. The van der Waals surface area contributed by atoms with Crippen LogP contribution in [0.3, 0.4) is 0 Å². The number of benzene rings is 2. The molecule has 0 radical (unpaired) electrons. The lowest BCUT2D eigenvalue weighted by molar-refractivity contribution is -0.0399. The number of nitrogens with one attached hydrogen (secondary N) is 1. The molecule has 0 unspecified atom stereocenters. The van der Waals surface area contributed by atoms with Gasteiger partial charge >= 0.3 is 0 Å². The minimum absolute atomic E-state index is 0.0234.